The summed E-state index contributed by atoms with van der Waals surface area (Å²) in [5, 5.41) is 0. The Morgan fingerprint density at radius 3 is 0.387 bits per heavy atom. The van der Waals surface area contributed by atoms with E-state index < -0.39 is 27.1 Å². The lowest BCUT2D eigenvalue weighted by Crippen LogP contribution is -2.28. The van der Waals surface area contributed by atoms with E-state index in [1.165, 1.54) is 234 Å². The van der Waals surface area contributed by atoms with Gasteiger partial charge < -0.3 is 0 Å². The molecule has 0 saturated carbocycles. The molecule has 9 aliphatic rings. The smallest absolute Gasteiger partial charge is 0.0619 e. The van der Waals surface area contributed by atoms with Crippen LogP contribution in [0.4, 0.5) is 0 Å². The van der Waals surface area contributed by atoms with Crippen LogP contribution in [0, 0.1) is 0 Å². The molecule has 0 atom stereocenters. The number of hydrogen-bond acceptors (Lipinski definition) is 0. The Morgan fingerprint density at radius 1 is 0.0803 bits per heavy atom. The van der Waals surface area contributed by atoms with Gasteiger partial charge in [-0.2, -0.15) is 0 Å². The molecule has 0 heteroatoms. The molecule has 0 saturated heterocycles. The van der Waals surface area contributed by atoms with Crippen molar-refractivity contribution in [2.45, 2.75) is 27.1 Å². The summed E-state index contributed by atoms with van der Waals surface area (Å²) < 4.78 is 0. The van der Waals surface area contributed by atoms with Gasteiger partial charge in [0.15, 0.2) is 0 Å². The van der Waals surface area contributed by atoms with Crippen LogP contribution in [0.25, 0.3) is 167 Å². The molecule has 0 nitrogen and oxygen atoms in total. The molecule has 22 aromatic carbocycles. The minimum Gasteiger partial charge on any atom is -0.0619 e. The zero-order valence-corrected chi connectivity index (χ0v) is 74.8. The molecule has 9 aliphatic carbocycles. The number of rotatable bonds is 8. The minimum atomic E-state index is -0.803. The highest BCUT2D eigenvalue weighted by Gasteiger charge is 2.57. The molecule has 137 heavy (non-hydrogen) atoms. The summed E-state index contributed by atoms with van der Waals surface area (Å²) in [5.74, 6) is 0. The van der Waals surface area contributed by atoms with Crippen LogP contribution in [0.1, 0.15) is 111 Å². The van der Waals surface area contributed by atoms with Crippen LogP contribution in [0.15, 0.2) is 497 Å². The second kappa shape index (κ2) is 27.5. The molecule has 31 rings (SSSR count). The van der Waals surface area contributed by atoms with Crippen molar-refractivity contribution in [1.82, 2.24) is 0 Å². The fourth-order valence-corrected chi connectivity index (χ4v) is 28.2. The highest BCUT2D eigenvalue weighted by Crippen LogP contribution is 2.70. The number of hydrogen-bond donors (Lipinski definition) is 0. The third-order valence-electron chi connectivity index (χ3n) is 33.4. The van der Waals surface area contributed by atoms with Crippen LogP contribution in [0.3, 0.4) is 0 Å². The molecule has 0 bridgehead atoms. The molecule has 630 valence electrons. The van der Waals surface area contributed by atoms with Gasteiger partial charge in [0.25, 0.3) is 0 Å². The minimum absolute atomic E-state index is 0.529. The Labute approximate surface area is 796 Å². The second-order valence-electron chi connectivity index (χ2n) is 39.2. The van der Waals surface area contributed by atoms with Gasteiger partial charge in [-0.25, -0.2) is 0 Å². The zero-order chi connectivity index (χ0) is 89.4. The summed E-state index contributed by atoms with van der Waals surface area (Å²) >= 11 is 0. The van der Waals surface area contributed by atoms with E-state index in [9.17, 15) is 0 Å². The maximum Gasteiger partial charge on any atom is 0.0725 e. The van der Waals surface area contributed by atoms with E-state index in [-0.39, 0.29) is 0 Å². The molecular formula is C137H82. The van der Waals surface area contributed by atoms with Crippen molar-refractivity contribution in [1.29, 1.82) is 0 Å². The first kappa shape index (κ1) is 75.4. The summed E-state index contributed by atoms with van der Waals surface area (Å²) in [4.78, 5) is 0. The quantitative estimate of drug-likeness (QED) is 0.142. The first-order valence-electron chi connectivity index (χ1n) is 48.4. The summed E-state index contributed by atoms with van der Waals surface area (Å²) in [5.41, 5.74) is 60.3. The van der Waals surface area contributed by atoms with Gasteiger partial charge in [-0.1, -0.05) is 425 Å². The van der Waals surface area contributed by atoms with E-state index in [2.05, 4.69) is 497 Å². The van der Waals surface area contributed by atoms with E-state index >= 15 is 0 Å². The van der Waals surface area contributed by atoms with E-state index in [1.54, 1.807) is 0 Å². The normalized spacial score (nSPS) is 14.9. The Hall–Kier alpha value is -17.2. The Morgan fingerprint density at radius 2 is 0.219 bits per heavy atom. The molecule has 0 aromatic heterocycles. The van der Waals surface area contributed by atoms with Gasteiger partial charge >= 0.3 is 0 Å². The van der Waals surface area contributed by atoms with Crippen molar-refractivity contribution >= 4 is 0 Å². The fourth-order valence-electron chi connectivity index (χ4n) is 28.2. The average molecular weight is 1730 g/mol. The predicted molar refractivity (Wildman–Crippen MR) is 562 cm³/mol. The summed E-state index contributed by atoms with van der Waals surface area (Å²) in [6, 6.07) is 193. The molecular weight excluding hydrogens is 1650 g/mol. The zero-order valence-electron chi connectivity index (χ0n) is 74.8. The van der Waals surface area contributed by atoms with Gasteiger partial charge in [0, 0.05) is 0 Å². The van der Waals surface area contributed by atoms with Crippen LogP contribution in [-0.4, -0.2) is 0 Å². The van der Waals surface area contributed by atoms with E-state index in [1.807, 2.05) is 0 Å². The largest absolute Gasteiger partial charge is 0.0725 e. The highest BCUT2D eigenvalue weighted by atomic mass is 14.6. The first-order valence-corrected chi connectivity index (χ1v) is 48.4. The third kappa shape index (κ3) is 9.52. The molecule has 0 unspecified atom stereocenters. The number of fused-ring (bicyclic) bond motifs is 43. The first-order chi connectivity index (χ1) is 67.9. The molecule has 0 N–H and O–H groups in total. The molecule has 4 spiro atoms. The van der Waals surface area contributed by atoms with Gasteiger partial charge in [-0.15, -0.1) is 0 Å². The van der Waals surface area contributed by atoms with Crippen molar-refractivity contribution in [2.24, 2.45) is 0 Å². The van der Waals surface area contributed by atoms with Gasteiger partial charge in [-0.3, -0.25) is 0 Å². The van der Waals surface area contributed by atoms with Crippen molar-refractivity contribution in [3.05, 3.63) is 609 Å². The van der Waals surface area contributed by atoms with Crippen LogP contribution in [-0.2, 0) is 27.1 Å². The Kier molecular flexibility index (Phi) is 15.1. The lowest BCUT2D eigenvalue weighted by molar-refractivity contribution is 0.769. The number of benzene rings is 22. The van der Waals surface area contributed by atoms with Gasteiger partial charge in [-0.05, 0) is 351 Å². The highest BCUT2D eigenvalue weighted by molar-refractivity contribution is 6.04. The van der Waals surface area contributed by atoms with Gasteiger partial charge in [0.2, 0.25) is 0 Å². The van der Waals surface area contributed by atoms with Crippen LogP contribution in [0.2, 0.25) is 0 Å². The Bertz CT molecular complexity index is 7940. The molecule has 0 fully saturated rings. The van der Waals surface area contributed by atoms with Crippen molar-refractivity contribution in [2.75, 3.05) is 0 Å². The predicted octanol–water partition coefficient (Wildman–Crippen LogP) is 33.4. The topological polar surface area (TPSA) is 0 Å². The lowest BCUT2D eigenvalue weighted by Gasteiger charge is -2.34. The molecule has 0 amide bonds. The van der Waals surface area contributed by atoms with E-state index in [4.69, 9.17) is 0 Å². The van der Waals surface area contributed by atoms with E-state index in [0.717, 1.165) is 44.5 Å². The van der Waals surface area contributed by atoms with Gasteiger partial charge in [0.1, 0.15) is 0 Å². The maximum absolute atomic E-state index is 2.57. The van der Waals surface area contributed by atoms with E-state index in [0.29, 0.717) is 0 Å². The van der Waals surface area contributed by atoms with Crippen LogP contribution in [0.5, 0.6) is 0 Å². The monoisotopic (exact) mass is 1730 g/mol. The molecule has 22 aromatic rings. The average Bonchev–Trinajstić information content (AvgIpc) is 1.53. The lowest BCUT2D eigenvalue weighted by atomic mass is 9.67. The molecule has 0 radical (unpaired) electrons. The maximum atomic E-state index is 2.57. The fraction of sp³-hybridized carbons (Fsp3) is 0.0365. The summed E-state index contributed by atoms with van der Waals surface area (Å²) in [6.07, 6.45) is 0. The van der Waals surface area contributed by atoms with Crippen molar-refractivity contribution in [3.8, 4) is 167 Å². The van der Waals surface area contributed by atoms with Crippen molar-refractivity contribution in [3.63, 3.8) is 0 Å². The van der Waals surface area contributed by atoms with Crippen molar-refractivity contribution < 1.29 is 0 Å². The van der Waals surface area contributed by atoms with Crippen LogP contribution < -0.4 is 0 Å². The second-order valence-corrected chi connectivity index (χ2v) is 39.2. The Balaban J connectivity index is 0.618. The SMILES string of the molecule is c1cc(-c2cc(-c3ccc4c(c3)C3(c5ccccc5-c5ccccc53)c3ccccc3-4)cc(-c3ccc4c(c3)C3(c5ccccc5-c5ccccc53)c3ccccc3-4)c2)cc(C2(c3cccc(-c4cc(-c5ccc6c(c5)C5(c7ccccc7-c7ccccc75)c5ccccc5-6)cc(-c5ccc6c(c5)C5(c7ccccc7-c7ccccc75)c5ccccc5-6)c4)c3)c3ccccc3-c3ccccc32)c1. The van der Waals surface area contributed by atoms with Gasteiger partial charge in [0.05, 0.1) is 27.1 Å². The standard InChI is InChI=1S/C137H82/c1-15-49-115-97(35-1)98-36-2-16-50-116(98)133(115,95-33-29-31-83(77-95)89-71-91(85-63-67-111-107-45-11-25-59-125(107)134(129(111)79-85)117-51-17-3-37-99(117)100-38-4-18-52-118(100)134)75-92(72-89)86-64-68-112-108-46-12-26-60-126(108)135(130(112)80-86)119-53-19-5-39-101(119)102-40-6-20-54-120(102)135)96-34-30-32-84(78-96)90-73-93(87-65-69-113-109-47-13-27-61-127(109)136(131(113)81-87)121-55-21-7-41-103(121)104-42-8-22-56-122(104)136)76-94(74-90)88-66-70-114-110-48-14-28-62-128(110)137(132(114)82-88)123-57-23-9-43-105(123)106-44-10-24-58-124(106)137/h1-82H. The van der Waals surface area contributed by atoms with Crippen LogP contribution >= 0.6 is 0 Å². The summed E-state index contributed by atoms with van der Waals surface area (Å²) in [6.45, 7) is 0. The molecule has 0 heterocycles. The summed E-state index contributed by atoms with van der Waals surface area (Å²) in [7, 11) is 0. The third-order valence-corrected chi connectivity index (χ3v) is 33.4. The molecule has 0 aliphatic heterocycles.